The van der Waals surface area contributed by atoms with Crippen LogP contribution >= 0.6 is 0 Å². The Hall–Kier alpha value is -1.45. The monoisotopic (exact) mass is 168 g/mol. The third-order valence-corrected chi connectivity index (χ3v) is 1.51. The Balaban J connectivity index is 5.19. The molecule has 66 valence electrons. The Morgan fingerprint density at radius 1 is 1.42 bits per heavy atom. The van der Waals surface area contributed by atoms with E-state index >= 15 is 0 Å². The maximum Gasteiger partial charge on any atom is 0.339 e. The summed E-state index contributed by atoms with van der Waals surface area (Å²) in [5, 5.41) is 8.75. The summed E-state index contributed by atoms with van der Waals surface area (Å²) in [7, 11) is 1.54. The Kier molecular flexibility index (Phi) is 3.90. The number of aliphatic carboxylic acids is 1. The molecule has 0 aromatic rings. The molecule has 4 nitrogen and oxygen atoms in total. The van der Waals surface area contributed by atoms with Crippen LogP contribution < -0.4 is 0 Å². The number of nitrogens with zero attached hydrogens (tertiary/aromatic N) is 2. The molecule has 0 aliphatic carbocycles. The molecule has 12 heavy (non-hydrogen) atoms. The lowest BCUT2D eigenvalue weighted by atomic mass is 10.1. The molecule has 0 bridgehead atoms. The molecule has 0 aliphatic heterocycles. The minimum Gasteiger partial charge on any atom is -0.478 e. The number of rotatable bonds is 3. The van der Waals surface area contributed by atoms with Gasteiger partial charge in [0, 0.05) is 12.8 Å². The first kappa shape index (κ1) is 10.6. The third-order valence-electron chi connectivity index (χ3n) is 1.51. The summed E-state index contributed by atoms with van der Waals surface area (Å²) in [6, 6.07) is 0. The first-order chi connectivity index (χ1) is 5.54. The minimum absolute atomic E-state index is 0.118. The van der Waals surface area contributed by atoms with Crippen LogP contribution in [0, 0.1) is 0 Å². The normalized spacial score (nSPS) is 13.8. The molecule has 0 spiro atoms. The van der Waals surface area contributed by atoms with E-state index in [4.69, 9.17) is 5.11 Å². The average molecular weight is 168 g/mol. The molecule has 0 radical (unpaired) electrons. The lowest BCUT2D eigenvalue weighted by Gasteiger charge is -2.02. The van der Waals surface area contributed by atoms with Gasteiger partial charge in [0.2, 0.25) is 0 Å². The highest BCUT2D eigenvalue weighted by atomic mass is 16.4. The molecule has 0 saturated carbocycles. The summed E-state index contributed by atoms with van der Waals surface area (Å²) in [6.45, 7) is 6.47. The summed E-state index contributed by atoms with van der Waals surface area (Å²) >= 11 is 0. The van der Waals surface area contributed by atoms with Crippen molar-refractivity contribution >= 4 is 18.4 Å². The molecule has 0 unspecified atom stereocenters. The van der Waals surface area contributed by atoms with Crippen molar-refractivity contribution in [3.8, 4) is 0 Å². The van der Waals surface area contributed by atoms with Crippen LogP contribution in [0.1, 0.15) is 13.8 Å². The SMILES string of the molecule is C=N/C(C)=C(/C(=O)O)C(C)=NC. The van der Waals surface area contributed by atoms with Gasteiger partial charge in [-0.1, -0.05) is 0 Å². The van der Waals surface area contributed by atoms with E-state index in [2.05, 4.69) is 16.7 Å². The second kappa shape index (κ2) is 4.43. The van der Waals surface area contributed by atoms with E-state index in [1.54, 1.807) is 13.8 Å². The summed E-state index contributed by atoms with van der Waals surface area (Å²) in [5.74, 6) is -1.03. The van der Waals surface area contributed by atoms with Crippen molar-refractivity contribution in [2.24, 2.45) is 9.98 Å². The maximum absolute atomic E-state index is 10.7. The highest BCUT2D eigenvalue weighted by Crippen LogP contribution is 2.07. The first-order valence-electron chi connectivity index (χ1n) is 3.39. The molecule has 0 aliphatic rings. The zero-order chi connectivity index (χ0) is 9.72. The predicted molar refractivity (Wildman–Crippen MR) is 48.9 cm³/mol. The maximum atomic E-state index is 10.7. The van der Waals surface area contributed by atoms with Gasteiger partial charge in [-0.3, -0.25) is 9.98 Å². The van der Waals surface area contributed by atoms with Crippen LogP contribution in [0.3, 0.4) is 0 Å². The number of carboxylic acid groups (broad SMARTS) is 1. The van der Waals surface area contributed by atoms with Crippen molar-refractivity contribution < 1.29 is 9.90 Å². The molecular formula is C8H12N2O2. The quantitative estimate of drug-likeness (QED) is 0.507. The largest absolute Gasteiger partial charge is 0.478 e. The van der Waals surface area contributed by atoms with Crippen molar-refractivity contribution in [2.45, 2.75) is 13.8 Å². The van der Waals surface area contributed by atoms with Crippen LogP contribution in [0.15, 0.2) is 21.3 Å². The number of hydrogen-bond acceptors (Lipinski definition) is 3. The van der Waals surface area contributed by atoms with Crippen LogP contribution in [0.5, 0.6) is 0 Å². The highest BCUT2D eigenvalue weighted by Gasteiger charge is 2.13. The van der Waals surface area contributed by atoms with Crippen LogP contribution in [0.4, 0.5) is 0 Å². The molecule has 0 amide bonds. The molecule has 0 rings (SSSR count). The van der Waals surface area contributed by atoms with Gasteiger partial charge in [-0.25, -0.2) is 4.79 Å². The number of aliphatic imine (C=N–C) groups is 2. The van der Waals surface area contributed by atoms with Gasteiger partial charge in [0.15, 0.2) is 0 Å². The summed E-state index contributed by atoms with van der Waals surface area (Å²) < 4.78 is 0. The van der Waals surface area contributed by atoms with E-state index in [9.17, 15) is 4.79 Å². The molecule has 1 N–H and O–H groups in total. The van der Waals surface area contributed by atoms with E-state index < -0.39 is 5.97 Å². The fourth-order valence-electron chi connectivity index (χ4n) is 0.762. The summed E-state index contributed by atoms with van der Waals surface area (Å²) in [5.41, 5.74) is 0.950. The fourth-order valence-corrected chi connectivity index (χ4v) is 0.762. The van der Waals surface area contributed by atoms with Crippen LogP contribution in [-0.2, 0) is 4.79 Å². The lowest BCUT2D eigenvalue weighted by Crippen LogP contribution is -2.11. The van der Waals surface area contributed by atoms with Crippen molar-refractivity contribution in [2.75, 3.05) is 7.05 Å². The van der Waals surface area contributed by atoms with Gasteiger partial charge in [0.1, 0.15) is 5.57 Å². The van der Waals surface area contributed by atoms with E-state index in [0.717, 1.165) is 0 Å². The predicted octanol–water partition coefficient (Wildman–Crippen LogP) is 1.14. The second-order valence-electron chi connectivity index (χ2n) is 2.23. The Labute approximate surface area is 71.4 Å². The van der Waals surface area contributed by atoms with Gasteiger partial charge in [0.05, 0.1) is 5.70 Å². The molecule has 0 saturated heterocycles. The van der Waals surface area contributed by atoms with Gasteiger partial charge in [-0.05, 0) is 20.6 Å². The first-order valence-corrected chi connectivity index (χ1v) is 3.39. The fraction of sp³-hybridized carbons (Fsp3) is 0.375. The second-order valence-corrected chi connectivity index (χ2v) is 2.23. The third kappa shape index (κ3) is 2.30. The molecule has 0 heterocycles. The number of allylic oxidation sites excluding steroid dienone is 1. The lowest BCUT2D eigenvalue weighted by molar-refractivity contribution is -0.132. The molecule has 0 aromatic heterocycles. The average Bonchev–Trinajstić information content (AvgIpc) is 2.03. The molecule has 0 aromatic carbocycles. The van der Waals surface area contributed by atoms with Gasteiger partial charge >= 0.3 is 5.97 Å². The number of carbonyl (C=O) groups is 1. The van der Waals surface area contributed by atoms with Crippen LogP contribution in [0.2, 0.25) is 0 Å². The van der Waals surface area contributed by atoms with Crippen LogP contribution in [-0.4, -0.2) is 30.6 Å². The van der Waals surface area contributed by atoms with E-state index in [-0.39, 0.29) is 5.57 Å². The summed E-state index contributed by atoms with van der Waals surface area (Å²) in [6.07, 6.45) is 0. The van der Waals surface area contributed by atoms with E-state index in [1.807, 2.05) is 0 Å². The van der Waals surface area contributed by atoms with E-state index in [0.29, 0.717) is 11.4 Å². The molecule has 0 fully saturated rings. The van der Waals surface area contributed by atoms with Gasteiger partial charge in [0.25, 0.3) is 0 Å². The number of hydrogen-bond donors (Lipinski definition) is 1. The Morgan fingerprint density at radius 3 is 2.17 bits per heavy atom. The zero-order valence-electron chi connectivity index (χ0n) is 7.46. The Morgan fingerprint density at radius 2 is 1.92 bits per heavy atom. The van der Waals surface area contributed by atoms with Crippen molar-refractivity contribution in [1.82, 2.24) is 0 Å². The van der Waals surface area contributed by atoms with Gasteiger partial charge in [-0.2, -0.15) is 0 Å². The van der Waals surface area contributed by atoms with E-state index in [1.165, 1.54) is 7.05 Å². The van der Waals surface area contributed by atoms with Crippen LogP contribution in [0.25, 0.3) is 0 Å². The minimum atomic E-state index is -1.03. The zero-order valence-corrected chi connectivity index (χ0v) is 7.46. The van der Waals surface area contributed by atoms with Gasteiger partial charge in [-0.15, -0.1) is 0 Å². The van der Waals surface area contributed by atoms with Gasteiger partial charge < -0.3 is 5.11 Å². The van der Waals surface area contributed by atoms with Crippen molar-refractivity contribution in [3.63, 3.8) is 0 Å². The Bertz CT molecular complexity index is 264. The topological polar surface area (TPSA) is 62.0 Å². The standard InChI is InChI=1S/C8H12N2O2/c1-5(9-3)7(8(11)12)6(2)10-4/h3H2,1-2,4H3,(H,11,12)/b7-5+,10-6?. The molecule has 0 atom stereocenters. The molecular weight excluding hydrogens is 156 g/mol. The smallest absolute Gasteiger partial charge is 0.339 e. The van der Waals surface area contributed by atoms with Crippen molar-refractivity contribution in [3.05, 3.63) is 11.3 Å². The summed E-state index contributed by atoms with van der Waals surface area (Å²) in [4.78, 5) is 18.0. The number of carboxylic acids is 1. The molecule has 4 heteroatoms. The van der Waals surface area contributed by atoms with Crippen molar-refractivity contribution in [1.29, 1.82) is 0 Å². The highest BCUT2D eigenvalue weighted by molar-refractivity contribution is 6.18.